The minimum atomic E-state index is -0.250. The molecule has 0 bridgehead atoms. The van der Waals surface area contributed by atoms with Gasteiger partial charge in [0, 0.05) is 35.9 Å². The number of carbonyl (C=O) groups is 2. The van der Waals surface area contributed by atoms with Gasteiger partial charge in [-0.15, -0.1) is 0 Å². The number of ether oxygens (including phenoxy) is 1. The molecule has 5 rings (SSSR count). The van der Waals surface area contributed by atoms with E-state index in [-0.39, 0.29) is 18.0 Å². The van der Waals surface area contributed by atoms with Crippen molar-refractivity contribution in [3.05, 3.63) is 60.3 Å². The Labute approximate surface area is 180 Å². The monoisotopic (exact) mass is 419 g/mol. The van der Waals surface area contributed by atoms with Crippen LogP contribution in [0.3, 0.4) is 0 Å². The zero-order valence-corrected chi connectivity index (χ0v) is 17.2. The van der Waals surface area contributed by atoms with Gasteiger partial charge in [0.05, 0.1) is 17.7 Å². The summed E-state index contributed by atoms with van der Waals surface area (Å²) >= 11 is 0. The second-order valence-corrected chi connectivity index (χ2v) is 7.89. The minimum absolute atomic E-state index is 0.0629. The van der Waals surface area contributed by atoms with Crippen molar-refractivity contribution < 1.29 is 19.4 Å². The van der Waals surface area contributed by atoms with Crippen LogP contribution in [0.1, 0.15) is 29.6 Å². The average molecular weight is 419 g/mol. The topological polar surface area (TPSA) is 106 Å². The lowest BCUT2D eigenvalue weighted by atomic mass is 9.84. The van der Waals surface area contributed by atoms with Crippen molar-refractivity contribution in [1.29, 1.82) is 0 Å². The zero-order valence-electron chi connectivity index (χ0n) is 17.2. The maximum atomic E-state index is 12.8. The Balaban J connectivity index is 0.000000730. The summed E-state index contributed by atoms with van der Waals surface area (Å²) in [4.78, 5) is 27.5. The summed E-state index contributed by atoms with van der Waals surface area (Å²) in [5, 5.41) is 7.83. The molecular formula is C24H25N3O4. The van der Waals surface area contributed by atoms with E-state index in [1.165, 1.54) is 0 Å². The SMILES string of the molecule is Nc1ccnc2ccc(-c3ccc(C(=O)N4CCC5(CCO5)CC4)cc3)cc12.O=CO. The van der Waals surface area contributed by atoms with Crippen molar-refractivity contribution in [2.45, 2.75) is 24.9 Å². The number of likely N-dealkylation sites (tertiary alicyclic amines) is 1. The summed E-state index contributed by atoms with van der Waals surface area (Å²) in [6, 6.07) is 15.7. The first-order valence-corrected chi connectivity index (χ1v) is 10.3. The highest BCUT2D eigenvalue weighted by Gasteiger charge is 2.41. The largest absolute Gasteiger partial charge is 0.483 e. The maximum Gasteiger partial charge on any atom is 0.290 e. The number of pyridine rings is 1. The minimum Gasteiger partial charge on any atom is -0.483 e. The second-order valence-electron chi connectivity index (χ2n) is 7.89. The molecule has 3 aromatic rings. The summed E-state index contributed by atoms with van der Waals surface area (Å²) in [7, 11) is 0. The van der Waals surface area contributed by atoms with Gasteiger partial charge in [-0.2, -0.15) is 0 Å². The third-order valence-corrected chi connectivity index (χ3v) is 6.17. The number of amides is 1. The van der Waals surface area contributed by atoms with Gasteiger partial charge in [-0.1, -0.05) is 18.2 Å². The molecule has 2 aliphatic rings. The summed E-state index contributed by atoms with van der Waals surface area (Å²) in [6.07, 6.45) is 4.75. The molecule has 1 spiro atoms. The lowest BCUT2D eigenvalue weighted by molar-refractivity contribution is -0.169. The van der Waals surface area contributed by atoms with Crippen LogP contribution in [0.15, 0.2) is 54.7 Å². The van der Waals surface area contributed by atoms with Crippen LogP contribution in [-0.2, 0) is 9.53 Å². The Kier molecular flexibility index (Phi) is 5.86. The summed E-state index contributed by atoms with van der Waals surface area (Å²) in [5.74, 6) is 0.104. The van der Waals surface area contributed by atoms with Gasteiger partial charge in [-0.05, 0) is 60.7 Å². The molecule has 0 aliphatic carbocycles. The third-order valence-electron chi connectivity index (χ3n) is 6.17. The maximum absolute atomic E-state index is 12.8. The van der Waals surface area contributed by atoms with Crippen molar-refractivity contribution in [3.63, 3.8) is 0 Å². The van der Waals surface area contributed by atoms with Crippen LogP contribution in [0.4, 0.5) is 5.69 Å². The van der Waals surface area contributed by atoms with Gasteiger partial charge in [0.15, 0.2) is 0 Å². The number of hydrogen-bond acceptors (Lipinski definition) is 5. The van der Waals surface area contributed by atoms with Crippen molar-refractivity contribution >= 4 is 29.0 Å². The third kappa shape index (κ3) is 4.22. The number of nitrogens with zero attached hydrogens (tertiary/aromatic N) is 2. The summed E-state index contributed by atoms with van der Waals surface area (Å²) in [5.41, 5.74) is 10.6. The highest BCUT2D eigenvalue weighted by atomic mass is 16.5. The van der Waals surface area contributed by atoms with E-state index in [0.29, 0.717) is 0 Å². The molecular weight excluding hydrogens is 394 g/mol. The van der Waals surface area contributed by atoms with E-state index >= 15 is 0 Å². The lowest BCUT2D eigenvalue weighted by Gasteiger charge is -2.47. The molecule has 7 heteroatoms. The molecule has 1 amide bonds. The van der Waals surface area contributed by atoms with Gasteiger partial charge in [-0.3, -0.25) is 14.6 Å². The highest BCUT2D eigenvalue weighted by molar-refractivity contribution is 5.96. The van der Waals surface area contributed by atoms with Crippen LogP contribution in [0.2, 0.25) is 0 Å². The predicted octanol–water partition coefficient (Wildman–Crippen LogP) is 3.58. The summed E-state index contributed by atoms with van der Waals surface area (Å²) < 4.78 is 5.75. The van der Waals surface area contributed by atoms with E-state index in [1.807, 2.05) is 47.4 Å². The fourth-order valence-electron chi connectivity index (χ4n) is 4.24. The molecule has 2 fully saturated rings. The number of rotatable bonds is 2. The number of nitrogens with two attached hydrogens (primary N) is 1. The van der Waals surface area contributed by atoms with Gasteiger partial charge < -0.3 is 20.5 Å². The molecule has 160 valence electrons. The molecule has 2 saturated heterocycles. The van der Waals surface area contributed by atoms with Gasteiger partial charge in [0.2, 0.25) is 0 Å². The van der Waals surface area contributed by atoms with E-state index < -0.39 is 0 Å². The Morgan fingerprint density at radius 1 is 1.06 bits per heavy atom. The zero-order chi connectivity index (χ0) is 21.8. The molecule has 0 unspecified atom stereocenters. The van der Waals surface area contributed by atoms with E-state index in [9.17, 15) is 4.79 Å². The Morgan fingerprint density at radius 3 is 2.32 bits per heavy atom. The molecule has 2 aliphatic heterocycles. The van der Waals surface area contributed by atoms with E-state index in [4.69, 9.17) is 20.4 Å². The van der Waals surface area contributed by atoms with E-state index in [2.05, 4.69) is 11.1 Å². The van der Waals surface area contributed by atoms with Crippen LogP contribution in [0.5, 0.6) is 0 Å². The smallest absolute Gasteiger partial charge is 0.290 e. The normalized spacial score (nSPS) is 16.8. The number of hydrogen-bond donors (Lipinski definition) is 2. The molecule has 3 N–H and O–H groups in total. The number of aromatic nitrogens is 1. The van der Waals surface area contributed by atoms with Gasteiger partial charge in [0.25, 0.3) is 12.4 Å². The Morgan fingerprint density at radius 2 is 1.71 bits per heavy atom. The molecule has 0 atom stereocenters. The number of piperidine rings is 1. The Hall–Kier alpha value is -3.45. The Bertz CT molecular complexity index is 1080. The number of anilines is 1. The first kappa shape index (κ1) is 20.8. The first-order chi connectivity index (χ1) is 15.0. The van der Waals surface area contributed by atoms with Crippen molar-refractivity contribution in [2.75, 3.05) is 25.4 Å². The predicted molar refractivity (Wildman–Crippen MR) is 119 cm³/mol. The number of carboxylic acid groups (broad SMARTS) is 1. The number of carbonyl (C=O) groups excluding carboxylic acids is 1. The van der Waals surface area contributed by atoms with Crippen molar-refractivity contribution in [3.8, 4) is 11.1 Å². The van der Waals surface area contributed by atoms with Gasteiger partial charge in [0.1, 0.15) is 0 Å². The molecule has 3 heterocycles. The van der Waals surface area contributed by atoms with E-state index in [1.54, 1.807) is 6.20 Å². The van der Waals surface area contributed by atoms with Crippen molar-refractivity contribution in [2.24, 2.45) is 0 Å². The molecule has 1 aromatic heterocycles. The molecule has 2 aromatic carbocycles. The molecule has 0 radical (unpaired) electrons. The van der Waals surface area contributed by atoms with Crippen LogP contribution in [0.25, 0.3) is 22.0 Å². The van der Waals surface area contributed by atoms with Gasteiger partial charge in [-0.25, -0.2) is 0 Å². The first-order valence-electron chi connectivity index (χ1n) is 10.3. The fraction of sp³-hybridized carbons (Fsp3) is 0.292. The molecule has 0 saturated carbocycles. The second kappa shape index (κ2) is 8.73. The van der Waals surface area contributed by atoms with Crippen LogP contribution in [-0.4, -0.2) is 52.7 Å². The molecule has 31 heavy (non-hydrogen) atoms. The lowest BCUT2D eigenvalue weighted by Crippen LogP contribution is -2.53. The quantitative estimate of drug-likeness (QED) is 0.615. The van der Waals surface area contributed by atoms with Crippen LogP contribution >= 0.6 is 0 Å². The summed E-state index contributed by atoms with van der Waals surface area (Å²) in [6.45, 7) is 2.17. The fourth-order valence-corrected chi connectivity index (χ4v) is 4.24. The molecule has 7 nitrogen and oxygen atoms in total. The standard InChI is InChI=1S/C23H23N3O2.CH2O2/c24-20-7-11-25-21-6-5-18(15-19(20)21)16-1-3-17(4-2-16)22(27)26-12-8-23(9-13-26)10-14-28-23;2-1-3/h1-7,11,15H,8-10,12-14H2,(H2,24,25);1H,(H,2,3). The van der Waals surface area contributed by atoms with E-state index in [0.717, 1.165) is 72.2 Å². The highest BCUT2D eigenvalue weighted by Crippen LogP contribution is 2.37. The van der Waals surface area contributed by atoms with Crippen LogP contribution in [0, 0.1) is 0 Å². The van der Waals surface area contributed by atoms with Crippen LogP contribution < -0.4 is 5.73 Å². The number of benzene rings is 2. The number of nitrogen functional groups attached to an aromatic ring is 1. The van der Waals surface area contributed by atoms with Gasteiger partial charge >= 0.3 is 0 Å². The average Bonchev–Trinajstić information content (AvgIpc) is 2.78. The van der Waals surface area contributed by atoms with Crippen molar-refractivity contribution in [1.82, 2.24) is 9.88 Å². The number of fused-ring (bicyclic) bond motifs is 1.